The van der Waals surface area contributed by atoms with Gasteiger partial charge in [-0.3, -0.25) is 4.98 Å². The third kappa shape index (κ3) is 5.75. The maximum absolute atomic E-state index is 12.7. The number of sulfone groups is 1. The van der Waals surface area contributed by atoms with E-state index in [1.807, 2.05) is 24.3 Å². The Bertz CT molecular complexity index is 1580. The van der Waals surface area contributed by atoms with Gasteiger partial charge in [-0.15, -0.1) is 0 Å². The van der Waals surface area contributed by atoms with Crippen LogP contribution in [0.3, 0.4) is 0 Å². The molecule has 208 valence electrons. The van der Waals surface area contributed by atoms with Crippen LogP contribution in [0.1, 0.15) is 61.7 Å². The molecule has 1 fully saturated rings. The fourth-order valence-corrected chi connectivity index (χ4v) is 6.98. The van der Waals surface area contributed by atoms with Gasteiger partial charge in [0.2, 0.25) is 0 Å². The molecule has 4 heterocycles. The predicted molar refractivity (Wildman–Crippen MR) is 154 cm³/mol. The molecular formula is C31H34N4O4S. The van der Waals surface area contributed by atoms with E-state index in [0.29, 0.717) is 11.7 Å². The summed E-state index contributed by atoms with van der Waals surface area (Å²) in [5.74, 6) is 1.88. The maximum Gasteiger partial charge on any atom is 0.324 e. The van der Waals surface area contributed by atoms with E-state index in [1.165, 1.54) is 5.56 Å². The average molecular weight is 559 g/mol. The van der Waals surface area contributed by atoms with Gasteiger partial charge in [0.05, 0.1) is 17.2 Å². The Labute approximate surface area is 235 Å². The Morgan fingerprint density at radius 3 is 2.42 bits per heavy atom. The van der Waals surface area contributed by atoms with Gasteiger partial charge in [0, 0.05) is 38.0 Å². The van der Waals surface area contributed by atoms with Gasteiger partial charge >= 0.3 is 6.01 Å². The first-order valence-electron chi connectivity index (χ1n) is 13.9. The standard InChI is InChI=1S/C31H34N4O4S/c1-22(2)29-33-30(39-34-29)35-17-14-31(15-18-35)13-12-26-19-25(10-11-28(26)38-31)24-8-6-23(7-9-24)20-40(36,37)21-27-5-3-4-16-32-27/h3-11,16,19,22H,12-15,17-18,20-21H2,1-2H3. The summed E-state index contributed by atoms with van der Waals surface area (Å²) in [5, 5.41) is 4.11. The van der Waals surface area contributed by atoms with E-state index in [-0.39, 0.29) is 23.0 Å². The molecule has 0 N–H and O–H groups in total. The molecular weight excluding hydrogens is 524 g/mol. The molecule has 1 spiro atoms. The third-order valence-electron chi connectivity index (χ3n) is 7.90. The number of piperidine rings is 1. The molecule has 40 heavy (non-hydrogen) atoms. The smallest absolute Gasteiger partial charge is 0.324 e. The number of nitrogens with zero attached hydrogens (tertiary/aromatic N) is 4. The van der Waals surface area contributed by atoms with Crippen molar-refractivity contribution in [3.05, 3.63) is 89.5 Å². The van der Waals surface area contributed by atoms with E-state index < -0.39 is 9.84 Å². The Hall–Kier alpha value is -3.72. The highest BCUT2D eigenvalue weighted by atomic mass is 32.2. The van der Waals surface area contributed by atoms with E-state index in [9.17, 15) is 8.42 Å². The summed E-state index contributed by atoms with van der Waals surface area (Å²) < 4.78 is 37.5. The summed E-state index contributed by atoms with van der Waals surface area (Å²) in [5.41, 5.74) is 4.56. The van der Waals surface area contributed by atoms with Crippen LogP contribution in [0.5, 0.6) is 5.75 Å². The molecule has 2 aromatic heterocycles. The molecule has 2 aliphatic heterocycles. The molecule has 6 rings (SSSR count). The molecule has 0 atom stereocenters. The lowest BCUT2D eigenvalue weighted by Gasteiger charge is -2.44. The summed E-state index contributed by atoms with van der Waals surface area (Å²) in [4.78, 5) is 10.9. The number of benzene rings is 2. The van der Waals surface area contributed by atoms with Crippen LogP contribution in [-0.2, 0) is 27.8 Å². The van der Waals surface area contributed by atoms with E-state index in [2.05, 4.69) is 52.1 Å². The second kappa shape index (κ2) is 10.7. The number of aryl methyl sites for hydroxylation is 1. The molecule has 4 aromatic rings. The molecule has 0 unspecified atom stereocenters. The quantitative estimate of drug-likeness (QED) is 0.283. The zero-order chi connectivity index (χ0) is 27.7. The molecule has 9 heteroatoms. The normalized spacial score (nSPS) is 16.6. The highest BCUT2D eigenvalue weighted by Gasteiger charge is 2.40. The zero-order valence-electron chi connectivity index (χ0n) is 22.9. The van der Waals surface area contributed by atoms with E-state index in [4.69, 9.17) is 9.26 Å². The SMILES string of the molecule is CC(C)c1noc(N2CCC3(CCc4cc(-c5ccc(CS(=O)(=O)Cc6ccccn6)cc5)ccc4O3)CC2)n1. The van der Waals surface area contributed by atoms with Gasteiger partial charge in [0.25, 0.3) is 0 Å². The average Bonchev–Trinajstić information content (AvgIpc) is 3.45. The van der Waals surface area contributed by atoms with Gasteiger partial charge in [-0.25, -0.2) is 8.42 Å². The van der Waals surface area contributed by atoms with Crippen molar-refractivity contribution < 1.29 is 17.7 Å². The van der Waals surface area contributed by atoms with Crippen molar-refractivity contribution in [1.29, 1.82) is 0 Å². The second-order valence-corrected chi connectivity index (χ2v) is 13.3. The fourth-order valence-electron chi connectivity index (χ4n) is 5.55. The lowest BCUT2D eigenvalue weighted by atomic mass is 9.82. The van der Waals surface area contributed by atoms with E-state index >= 15 is 0 Å². The van der Waals surface area contributed by atoms with E-state index in [1.54, 1.807) is 24.4 Å². The number of hydrogen-bond donors (Lipinski definition) is 0. The van der Waals surface area contributed by atoms with Crippen LogP contribution < -0.4 is 9.64 Å². The lowest BCUT2D eigenvalue weighted by molar-refractivity contribution is 0.0217. The molecule has 1 saturated heterocycles. The largest absolute Gasteiger partial charge is 0.487 e. The fraction of sp³-hybridized carbons (Fsp3) is 0.387. The van der Waals surface area contributed by atoms with Crippen molar-refractivity contribution in [3.63, 3.8) is 0 Å². The summed E-state index contributed by atoms with van der Waals surface area (Å²) in [6, 6.07) is 20.1. The van der Waals surface area contributed by atoms with Gasteiger partial charge in [-0.05, 0) is 59.4 Å². The number of hydrogen-bond acceptors (Lipinski definition) is 8. The van der Waals surface area contributed by atoms with Crippen LogP contribution in [-0.4, -0.2) is 42.2 Å². The molecule has 0 aliphatic carbocycles. The number of fused-ring (bicyclic) bond motifs is 1. The molecule has 0 amide bonds. The summed E-state index contributed by atoms with van der Waals surface area (Å²) in [6.07, 6.45) is 5.39. The van der Waals surface area contributed by atoms with Crippen LogP contribution in [0.2, 0.25) is 0 Å². The minimum atomic E-state index is -3.31. The van der Waals surface area contributed by atoms with E-state index in [0.717, 1.165) is 67.0 Å². The minimum absolute atomic E-state index is 0.00716. The molecule has 8 nitrogen and oxygen atoms in total. The minimum Gasteiger partial charge on any atom is -0.487 e. The van der Waals surface area contributed by atoms with Crippen LogP contribution in [0, 0.1) is 0 Å². The first-order valence-corrected chi connectivity index (χ1v) is 15.7. The van der Waals surface area contributed by atoms with Crippen molar-refractivity contribution in [3.8, 4) is 16.9 Å². The van der Waals surface area contributed by atoms with Gasteiger partial charge < -0.3 is 14.2 Å². The topological polar surface area (TPSA) is 98.4 Å². The van der Waals surface area contributed by atoms with Crippen molar-refractivity contribution >= 4 is 15.9 Å². The monoisotopic (exact) mass is 558 g/mol. The van der Waals surface area contributed by atoms with Crippen molar-refractivity contribution in [1.82, 2.24) is 15.1 Å². The second-order valence-electron chi connectivity index (χ2n) is 11.2. The van der Waals surface area contributed by atoms with Crippen molar-refractivity contribution in [2.45, 2.75) is 62.6 Å². The van der Waals surface area contributed by atoms with Crippen LogP contribution in [0.15, 0.2) is 71.4 Å². The van der Waals surface area contributed by atoms with Gasteiger partial charge in [0.15, 0.2) is 15.7 Å². The van der Waals surface area contributed by atoms with Crippen molar-refractivity contribution in [2.24, 2.45) is 0 Å². The number of pyridine rings is 1. The molecule has 0 saturated carbocycles. The summed E-state index contributed by atoms with van der Waals surface area (Å²) >= 11 is 0. The number of anilines is 1. The highest BCUT2D eigenvalue weighted by molar-refractivity contribution is 7.89. The Morgan fingerprint density at radius 2 is 1.73 bits per heavy atom. The predicted octanol–water partition coefficient (Wildman–Crippen LogP) is 5.73. The molecule has 0 bridgehead atoms. The summed E-state index contributed by atoms with van der Waals surface area (Å²) in [7, 11) is -3.31. The van der Waals surface area contributed by atoms with Gasteiger partial charge in [0.1, 0.15) is 11.4 Å². The van der Waals surface area contributed by atoms with Crippen LogP contribution >= 0.6 is 0 Å². The number of rotatable bonds is 7. The first-order chi connectivity index (χ1) is 19.3. The first kappa shape index (κ1) is 26.5. The van der Waals surface area contributed by atoms with Gasteiger partial charge in [-0.1, -0.05) is 55.4 Å². The van der Waals surface area contributed by atoms with Crippen molar-refractivity contribution in [2.75, 3.05) is 18.0 Å². The third-order valence-corrected chi connectivity index (χ3v) is 9.41. The number of aromatic nitrogens is 3. The van der Waals surface area contributed by atoms with Crippen LogP contribution in [0.25, 0.3) is 11.1 Å². The Kier molecular flexibility index (Phi) is 7.08. The highest BCUT2D eigenvalue weighted by Crippen LogP contribution is 2.41. The molecule has 2 aromatic carbocycles. The lowest BCUT2D eigenvalue weighted by Crippen LogP contribution is -2.50. The zero-order valence-corrected chi connectivity index (χ0v) is 23.7. The maximum atomic E-state index is 12.7. The molecule has 2 aliphatic rings. The number of ether oxygens (including phenoxy) is 1. The summed E-state index contributed by atoms with van der Waals surface area (Å²) in [6.45, 7) is 5.79. The molecule has 0 radical (unpaired) electrons. The van der Waals surface area contributed by atoms with Crippen LogP contribution in [0.4, 0.5) is 6.01 Å². The Balaban J connectivity index is 1.09. The Morgan fingerprint density at radius 1 is 0.950 bits per heavy atom. The van der Waals surface area contributed by atoms with Gasteiger partial charge in [-0.2, -0.15) is 4.98 Å².